The Morgan fingerprint density at radius 3 is 2.65 bits per heavy atom. The van der Waals surface area contributed by atoms with Crippen LogP contribution in [0.5, 0.6) is 0 Å². The Hall–Kier alpha value is -2.37. The number of amides is 1. The predicted octanol–water partition coefficient (Wildman–Crippen LogP) is 6.28. The zero-order valence-corrected chi connectivity index (χ0v) is 19.3. The van der Waals surface area contributed by atoms with Crippen LogP contribution >= 0.6 is 11.8 Å². The van der Waals surface area contributed by atoms with Crippen LogP contribution in [-0.2, 0) is 6.54 Å². The summed E-state index contributed by atoms with van der Waals surface area (Å²) < 4.78 is 0. The van der Waals surface area contributed by atoms with Crippen molar-refractivity contribution >= 4 is 34.3 Å². The number of benzene rings is 2. The highest BCUT2D eigenvalue weighted by atomic mass is 32.2. The molecule has 1 fully saturated rings. The van der Waals surface area contributed by atoms with Gasteiger partial charge in [0.2, 0.25) is 0 Å². The lowest BCUT2D eigenvalue weighted by molar-refractivity contribution is 0.102. The summed E-state index contributed by atoms with van der Waals surface area (Å²) >= 11 is 1.84. The minimum absolute atomic E-state index is 0.0850. The summed E-state index contributed by atoms with van der Waals surface area (Å²) in [5, 5.41) is 4.20. The molecule has 1 N–H and O–H groups in total. The molecule has 0 radical (unpaired) electrons. The lowest BCUT2D eigenvalue weighted by Crippen LogP contribution is -2.18. The lowest BCUT2D eigenvalue weighted by Gasteiger charge is -2.15. The topological polar surface area (TPSA) is 45.2 Å². The lowest BCUT2D eigenvalue weighted by atomic mass is 10.1. The molecular weight excluding hydrogens is 402 g/mol. The number of aryl methyl sites for hydroxylation is 1. The summed E-state index contributed by atoms with van der Waals surface area (Å²) in [6, 6.07) is 14.2. The van der Waals surface area contributed by atoms with E-state index in [0.29, 0.717) is 5.56 Å². The molecule has 0 saturated carbocycles. The highest BCUT2D eigenvalue weighted by Crippen LogP contribution is 2.26. The smallest absolute Gasteiger partial charge is 0.255 e. The third kappa shape index (κ3) is 5.46. The van der Waals surface area contributed by atoms with E-state index >= 15 is 0 Å². The molecule has 1 aromatic heterocycles. The molecule has 1 aliphatic heterocycles. The van der Waals surface area contributed by atoms with E-state index in [1.54, 1.807) is 0 Å². The van der Waals surface area contributed by atoms with Crippen molar-refractivity contribution < 1.29 is 4.79 Å². The second-order valence-electron chi connectivity index (χ2n) is 8.32. The SMILES string of the molecule is CCCCSc1ccc(C(=O)Nc2ccc3cc(CN4CCCC4)cnc3c2C)cc1. The van der Waals surface area contributed by atoms with E-state index in [1.807, 2.05) is 55.2 Å². The maximum absolute atomic E-state index is 12.8. The van der Waals surface area contributed by atoms with Crippen LogP contribution in [0.3, 0.4) is 0 Å². The molecule has 1 aliphatic rings. The van der Waals surface area contributed by atoms with E-state index < -0.39 is 0 Å². The Morgan fingerprint density at radius 2 is 1.90 bits per heavy atom. The molecule has 0 bridgehead atoms. The first-order valence-electron chi connectivity index (χ1n) is 11.3. The molecule has 162 valence electrons. The van der Waals surface area contributed by atoms with Crippen LogP contribution < -0.4 is 5.32 Å². The van der Waals surface area contributed by atoms with Gasteiger partial charge in [0.05, 0.1) is 5.52 Å². The fraction of sp³-hybridized carbons (Fsp3) is 0.385. The molecule has 0 spiro atoms. The molecule has 3 aromatic rings. The molecule has 4 nitrogen and oxygen atoms in total. The van der Waals surface area contributed by atoms with Crippen LogP contribution in [0, 0.1) is 6.92 Å². The van der Waals surface area contributed by atoms with Crippen molar-refractivity contribution in [2.75, 3.05) is 24.2 Å². The Bertz CT molecular complexity index is 1040. The van der Waals surface area contributed by atoms with Crippen molar-refractivity contribution in [1.29, 1.82) is 0 Å². The standard InChI is InChI=1S/C26H31N3OS/c1-3-4-15-31-23-10-7-21(8-11-23)26(30)28-24-12-9-22-16-20(17-27-25(22)19(24)2)18-29-13-5-6-14-29/h7-12,16-17H,3-6,13-15,18H2,1-2H3,(H,28,30). The van der Waals surface area contributed by atoms with E-state index in [1.165, 1.54) is 49.2 Å². The van der Waals surface area contributed by atoms with Crippen molar-refractivity contribution in [2.45, 2.75) is 51.0 Å². The normalized spacial score (nSPS) is 14.3. The minimum atomic E-state index is -0.0850. The first-order chi connectivity index (χ1) is 15.1. The highest BCUT2D eigenvalue weighted by molar-refractivity contribution is 7.99. The molecule has 5 heteroatoms. The van der Waals surface area contributed by atoms with Gasteiger partial charge in [-0.15, -0.1) is 11.8 Å². The molecule has 2 heterocycles. The van der Waals surface area contributed by atoms with Crippen molar-refractivity contribution in [1.82, 2.24) is 9.88 Å². The monoisotopic (exact) mass is 433 g/mol. The Kier molecular flexibility index (Phi) is 7.25. The van der Waals surface area contributed by atoms with Gasteiger partial charge in [0.25, 0.3) is 5.91 Å². The van der Waals surface area contributed by atoms with E-state index in [9.17, 15) is 4.79 Å². The largest absolute Gasteiger partial charge is 0.322 e. The fourth-order valence-electron chi connectivity index (χ4n) is 4.05. The molecule has 2 aromatic carbocycles. The number of carbonyl (C=O) groups excluding carboxylic acids is 1. The van der Waals surface area contributed by atoms with Crippen LogP contribution in [0.25, 0.3) is 10.9 Å². The van der Waals surface area contributed by atoms with Gasteiger partial charge in [-0.1, -0.05) is 19.4 Å². The van der Waals surface area contributed by atoms with Gasteiger partial charge in [0, 0.05) is 34.3 Å². The summed E-state index contributed by atoms with van der Waals surface area (Å²) in [4.78, 5) is 21.2. The van der Waals surface area contributed by atoms with E-state index in [4.69, 9.17) is 4.98 Å². The summed E-state index contributed by atoms with van der Waals surface area (Å²) in [6.45, 7) is 7.55. The number of nitrogens with one attached hydrogen (secondary N) is 1. The van der Waals surface area contributed by atoms with Crippen molar-refractivity contribution in [2.24, 2.45) is 0 Å². The summed E-state index contributed by atoms with van der Waals surface area (Å²) in [5.41, 5.74) is 4.70. The molecule has 0 unspecified atom stereocenters. The fourth-order valence-corrected chi connectivity index (χ4v) is 5.04. The van der Waals surface area contributed by atoms with Crippen molar-refractivity contribution in [3.8, 4) is 0 Å². The molecular formula is C26H31N3OS. The van der Waals surface area contributed by atoms with Gasteiger partial charge < -0.3 is 5.32 Å². The van der Waals surface area contributed by atoms with Gasteiger partial charge in [-0.3, -0.25) is 14.7 Å². The molecule has 0 atom stereocenters. The predicted molar refractivity (Wildman–Crippen MR) is 131 cm³/mol. The molecule has 4 rings (SSSR count). The quantitative estimate of drug-likeness (QED) is 0.335. The number of aromatic nitrogens is 1. The van der Waals surface area contributed by atoms with Gasteiger partial charge in [0.15, 0.2) is 0 Å². The van der Waals surface area contributed by atoms with Gasteiger partial charge in [-0.05, 0) is 92.6 Å². The van der Waals surface area contributed by atoms with Crippen molar-refractivity contribution in [3.05, 3.63) is 65.4 Å². The number of likely N-dealkylation sites (tertiary alicyclic amines) is 1. The summed E-state index contributed by atoms with van der Waals surface area (Å²) in [6.07, 6.45) is 6.98. The number of fused-ring (bicyclic) bond motifs is 1. The molecule has 0 aliphatic carbocycles. The van der Waals surface area contributed by atoms with Crippen LogP contribution in [-0.4, -0.2) is 34.6 Å². The summed E-state index contributed by atoms with van der Waals surface area (Å²) in [5.74, 6) is 1.03. The Balaban J connectivity index is 1.45. The minimum Gasteiger partial charge on any atom is -0.322 e. The molecule has 1 saturated heterocycles. The average molecular weight is 434 g/mol. The number of carbonyl (C=O) groups is 1. The maximum atomic E-state index is 12.8. The molecule has 1 amide bonds. The van der Waals surface area contributed by atoms with Crippen molar-refractivity contribution in [3.63, 3.8) is 0 Å². The summed E-state index contributed by atoms with van der Waals surface area (Å²) in [7, 11) is 0. The number of anilines is 1. The zero-order chi connectivity index (χ0) is 21.6. The van der Waals surface area contributed by atoms with E-state index in [2.05, 4.69) is 29.3 Å². The first kappa shape index (κ1) is 21.8. The number of nitrogens with zero attached hydrogens (tertiary/aromatic N) is 2. The van der Waals surface area contributed by atoms with Crippen LogP contribution in [0.1, 0.15) is 54.1 Å². The van der Waals surface area contributed by atoms with Gasteiger partial charge in [0.1, 0.15) is 0 Å². The third-order valence-corrected chi connectivity index (χ3v) is 7.00. The van der Waals surface area contributed by atoms with Crippen LogP contribution in [0.15, 0.2) is 53.6 Å². The Labute approximate surface area is 189 Å². The number of pyridine rings is 1. The number of thioether (sulfide) groups is 1. The van der Waals surface area contributed by atoms with Gasteiger partial charge >= 0.3 is 0 Å². The number of unbranched alkanes of at least 4 members (excludes halogenated alkanes) is 1. The van der Waals surface area contributed by atoms with Crippen LogP contribution in [0.4, 0.5) is 5.69 Å². The van der Waals surface area contributed by atoms with Gasteiger partial charge in [-0.25, -0.2) is 0 Å². The number of hydrogen-bond acceptors (Lipinski definition) is 4. The van der Waals surface area contributed by atoms with E-state index in [0.717, 1.165) is 34.5 Å². The highest BCUT2D eigenvalue weighted by Gasteiger charge is 2.14. The Morgan fingerprint density at radius 1 is 1.13 bits per heavy atom. The zero-order valence-electron chi connectivity index (χ0n) is 18.5. The van der Waals surface area contributed by atoms with Crippen LogP contribution in [0.2, 0.25) is 0 Å². The second kappa shape index (κ2) is 10.3. The number of rotatable bonds is 8. The number of hydrogen-bond donors (Lipinski definition) is 1. The van der Waals surface area contributed by atoms with Gasteiger partial charge in [-0.2, -0.15) is 0 Å². The van der Waals surface area contributed by atoms with E-state index in [-0.39, 0.29) is 5.91 Å². The first-order valence-corrected chi connectivity index (χ1v) is 12.3. The molecule has 31 heavy (non-hydrogen) atoms. The average Bonchev–Trinajstić information content (AvgIpc) is 3.29. The third-order valence-electron chi connectivity index (χ3n) is 5.90. The maximum Gasteiger partial charge on any atom is 0.255 e. The second-order valence-corrected chi connectivity index (χ2v) is 9.49.